The minimum absolute atomic E-state index is 0.0368. The van der Waals surface area contributed by atoms with E-state index < -0.39 is 0 Å². The molecule has 2 heterocycles. The topological polar surface area (TPSA) is 76.5 Å². The van der Waals surface area contributed by atoms with Crippen LogP contribution in [0.4, 0.5) is 0 Å². The lowest BCUT2D eigenvalue weighted by molar-refractivity contribution is -0.130. The number of likely N-dealkylation sites (tertiary alicyclic amines) is 1. The number of hydrogen-bond donors (Lipinski definition) is 1. The van der Waals surface area contributed by atoms with Crippen LogP contribution in [0.25, 0.3) is 17.0 Å². The number of benzene rings is 1. The summed E-state index contributed by atoms with van der Waals surface area (Å²) >= 11 is 0. The van der Waals surface area contributed by atoms with E-state index in [0.29, 0.717) is 25.9 Å². The molecule has 1 saturated heterocycles. The van der Waals surface area contributed by atoms with Crippen LogP contribution in [0.1, 0.15) is 31.1 Å². The zero-order valence-corrected chi connectivity index (χ0v) is 13.8. The maximum absolute atomic E-state index is 12.4. The molecular weight excluding hydrogens is 304 g/mol. The van der Waals surface area contributed by atoms with E-state index in [2.05, 4.69) is 0 Å². The van der Waals surface area contributed by atoms with E-state index in [4.69, 9.17) is 10.2 Å². The first-order valence-electron chi connectivity index (χ1n) is 8.37. The average molecular weight is 326 g/mol. The van der Waals surface area contributed by atoms with E-state index in [1.807, 2.05) is 37.3 Å². The highest BCUT2D eigenvalue weighted by atomic mass is 16.3. The number of carbonyl (C=O) groups excluding carboxylic acids is 2. The SMILES string of the molecule is CCc1oc2ccccc2c1/C=C\C(=O)N1CCC(C(N)=O)CC1. The average Bonchev–Trinajstić information content (AvgIpc) is 2.97. The molecule has 2 N–H and O–H groups in total. The normalized spacial score (nSPS) is 16.1. The first-order valence-corrected chi connectivity index (χ1v) is 8.37. The number of primary amides is 1. The second-order valence-corrected chi connectivity index (χ2v) is 6.12. The van der Waals surface area contributed by atoms with Crippen LogP contribution in [0, 0.1) is 5.92 Å². The third-order valence-electron chi connectivity index (χ3n) is 4.63. The summed E-state index contributed by atoms with van der Waals surface area (Å²) in [7, 11) is 0. The Morgan fingerprint density at radius 3 is 2.67 bits per heavy atom. The van der Waals surface area contributed by atoms with Gasteiger partial charge in [0, 0.05) is 42.5 Å². The molecule has 126 valence electrons. The summed E-state index contributed by atoms with van der Waals surface area (Å²) in [5.74, 6) is 0.468. The van der Waals surface area contributed by atoms with Gasteiger partial charge in [-0.2, -0.15) is 0 Å². The maximum atomic E-state index is 12.4. The summed E-state index contributed by atoms with van der Waals surface area (Å²) in [5.41, 5.74) is 7.13. The third-order valence-corrected chi connectivity index (χ3v) is 4.63. The lowest BCUT2D eigenvalue weighted by Crippen LogP contribution is -2.41. The minimum atomic E-state index is -0.268. The van der Waals surface area contributed by atoms with E-state index in [1.165, 1.54) is 0 Å². The summed E-state index contributed by atoms with van der Waals surface area (Å²) in [4.78, 5) is 25.4. The fourth-order valence-corrected chi connectivity index (χ4v) is 3.21. The monoisotopic (exact) mass is 326 g/mol. The molecule has 1 aromatic carbocycles. The quantitative estimate of drug-likeness (QED) is 0.878. The molecule has 0 bridgehead atoms. The number of piperidine rings is 1. The smallest absolute Gasteiger partial charge is 0.246 e. The predicted octanol–water partition coefficient (Wildman–Crippen LogP) is 2.73. The Bertz CT molecular complexity index is 783. The third kappa shape index (κ3) is 3.20. The Balaban J connectivity index is 1.74. The number of amides is 2. The van der Waals surface area contributed by atoms with Crippen LogP contribution in [0.2, 0.25) is 0 Å². The van der Waals surface area contributed by atoms with E-state index >= 15 is 0 Å². The minimum Gasteiger partial charge on any atom is -0.460 e. The van der Waals surface area contributed by atoms with Gasteiger partial charge in [-0.15, -0.1) is 0 Å². The molecule has 0 aliphatic carbocycles. The fraction of sp³-hybridized carbons (Fsp3) is 0.368. The van der Waals surface area contributed by atoms with E-state index in [1.54, 1.807) is 11.0 Å². The van der Waals surface area contributed by atoms with Crippen molar-refractivity contribution in [1.29, 1.82) is 0 Å². The molecular formula is C19H22N2O3. The van der Waals surface area contributed by atoms with Crippen molar-refractivity contribution in [3.63, 3.8) is 0 Å². The largest absolute Gasteiger partial charge is 0.460 e. The van der Waals surface area contributed by atoms with Crippen LogP contribution in [-0.4, -0.2) is 29.8 Å². The highest BCUT2D eigenvalue weighted by Gasteiger charge is 2.24. The molecule has 0 spiro atoms. The van der Waals surface area contributed by atoms with Gasteiger partial charge in [-0.1, -0.05) is 25.1 Å². The highest BCUT2D eigenvalue weighted by molar-refractivity contribution is 5.96. The summed E-state index contributed by atoms with van der Waals surface area (Å²) in [5, 5.41) is 1.02. The van der Waals surface area contributed by atoms with Gasteiger partial charge in [0.05, 0.1) is 0 Å². The number of carbonyl (C=O) groups is 2. The molecule has 1 aromatic heterocycles. The second kappa shape index (κ2) is 6.91. The van der Waals surface area contributed by atoms with Gasteiger partial charge in [0.25, 0.3) is 0 Å². The molecule has 24 heavy (non-hydrogen) atoms. The van der Waals surface area contributed by atoms with Crippen LogP contribution < -0.4 is 5.73 Å². The number of para-hydroxylation sites is 1. The molecule has 2 amide bonds. The van der Waals surface area contributed by atoms with Crippen molar-refractivity contribution in [2.24, 2.45) is 11.7 Å². The second-order valence-electron chi connectivity index (χ2n) is 6.12. The van der Waals surface area contributed by atoms with Crippen molar-refractivity contribution < 1.29 is 14.0 Å². The molecule has 0 saturated carbocycles. The van der Waals surface area contributed by atoms with Crippen molar-refractivity contribution in [3.8, 4) is 0 Å². The standard InChI is InChI=1S/C19H22N2O3/c1-2-16-15(14-5-3-4-6-17(14)24-16)7-8-18(22)21-11-9-13(10-12-21)19(20)23/h3-8,13H,2,9-12H2,1H3,(H2,20,23)/b8-7-. The number of hydrogen-bond acceptors (Lipinski definition) is 3. The van der Waals surface area contributed by atoms with Gasteiger partial charge in [-0.3, -0.25) is 9.59 Å². The van der Waals surface area contributed by atoms with Crippen LogP contribution in [0.15, 0.2) is 34.8 Å². The molecule has 1 fully saturated rings. The molecule has 2 aromatic rings. The number of nitrogens with two attached hydrogens (primary N) is 1. The zero-order chi connectivity index (χ0) is 17.1. The van der Waals surface area contributed by atoms with Crippen LogP contribution in [0.3, 0.4) is 0 Å². The number of aryl methyl sites for hydroxylation is 1. The number of nitrogens with zero attached hydrogens (tertiary/aromatic N) is 1. The van der Waals surface area contributed by atoms with Crippen molar-refractivity contribution in [3.05, 3.63) is 41.7 Å². The predicted molar refractivity (Wildman–Crippen MR) is 93.1 cm³/mol. The molecule has 3 rings (SSSR count). The van der Waals surface area contributed by atoms with Gasteiger partial charge in [-0.05, 0) is 25.0 Å². The van der Waals surface area contributed by atoms with E-state index in [-0.39, 0.29) is 17.7 Å². The van der Waals surface area contributed by atoms with Crippen molar-refractivity contribution >= 4 is 28.9 Å². The molecule has 1 aliphatic rings. The van der Waals surface area contributed by atoms with Gasteiger partial charge in [0.1, 0.15) is 11.3 Å². The Hall–Kier alpha value is -2.56. The van der Waals surface area contributed by atoms with E-state index in [9.17, 15) is 9.59 Å². The summed E-state index contributed by atoms with van der Waals surface area (Å²) in [6, 6.07) is 7.83. The Morgan fingerprint density at radius 2 is 2.00 bits per heavy atom. The molecule has 0 atom stereocenters. The lowest BCUT2D eigenvalue weighted by atomic mass is 9.96. The van der Waals surface area contributed by atoms with Gasteiger partial charge in [0.15, 0.2) is 0 Å². The molecule has 0 unspecified atom stereocenters. The summed E-state index contributed by atoms with van der Waals surface area (Å²) in [6.45, 7) is 3.18. The first kappa shape index (κ1) is 16.3. The van der Waals surface area contributed by atoms with Crippen LogP contribution >= 0.6 is 0 Å². The van der Waals surface area contributed by atoms with Crippen molar-refractivity contribution in [2.75, 3.05) is 13.1 Å². The number of rotatable bonds is 4. The zero-order valence-electron chi connectivity index (χ0n) is 13.8. The maximum Gasteiger partial charge on any atom is 0.246 e. The van der Waals surface area contributed by atoms with Gasteiger partial charge >= 0.3 is 0 Å². The molecule has 5 nitrogen and oxygen atoms in total. The summed E-state index contributed by atoms with van der Waals surface area (Å²) < 4.78 is 5.84. The Kier molecular flexibility index (Phi) is 4.69. The molecule has 5 heteroatoms. The van der Waals surface area contributed by atoms with Gasteiger partial charge in [0.2, 0.25) is 11.8 Å². The molecule has 0 radical (unpaired) electrons. The fourth-order valence-electron chi connectivity index (χ4n) is 3.21. The van der Waals surface area contributed by atoms with Crippen LogP contribution in [0.5, 0.6) is 0 Å². The van der Waals surface area contributed by atoms with Crippen molar-refractivity contribution in [1.82, 2.24) is 4.90 Å². The number of fused-ring (bicyclic) bond motifs is 1. The first-order chi connectivity index (χ1) is 11.6. The Morgan fingerprint density at radius 1 is 1.29 bits per heavy atom. The highest BCUT2D eigenvalue weighted by Crippen LogP contribution is 2.27. The number of furan rings is 1. The molecule has 1 aliphatic heterocycles. The van der Waals surface area contributed by atoms with Crippen molar-refractivity contribution in [2.45, 2.75) is 26.2 Å². The van der Waals surface area contributed by atoms with Gasteiger partial charge < -0.3 is 15.1 Å². The van der Waals surface area contributed by atoms with Gasteiger partial charge in [-0.25, -0.2) is 0 Å². The summed E-state index contributed by atoms with van der Waals surface area (Å²) in [6.07, 6.45) is 5.49. The van der Waals surface area contributed by atoms with Crippen LogP contribution in [-0.2, 0) is 16.0 Å². The lowest BCUT2D eigenvalue weighted by Gasteiger charge is -2.29. The Labute approximate surface area is 141 Å². The van der Waals surface area contributed by atoms with E-state index in [0.717, 1.165) is 28.7 Å².